The fourth-order valence-electron chi connectivity index (χ4n) is 3.33. The number of hydrogen-bond acceptors (Lipinski definition) is 6. The monoisotopic (exact) mass is 386 g/mol. The number of nitrogen functional groups attached to an aromatic ring is 1. The van der Waals surface area contributed by atoms with Crippen LogP contribution in [0.1, 0.15) is 49.0 Å². The molecule has 3 aromatic heterocycles. The highest BCUT2D eigenvalue weighted by atomic mass is 32.1. The third kappa shape index (κ3) is 2.75. The molecule has 0 saturated carbocycles. The van der Waals surface area contributed by atoms with E-state index < -0.39 is 5.91 Å². The number of pyridine rings is 1. The molecule has 0 aromatic carbocycles. The number of nitrogens with two attached hydrogens (primary N) is 2. The molecule has 6 nitrogen and oxygen atoms in total. The minimum atomic E-state index is -0.499. The molecule has 134 valence electrons. The Hall–Kier alpha value is -2.45. The molecule has 2 amide bonds. The van der Waals surface area contributed by atoms with Gasteiger partial charge in [0.05, 0.1) is 11.3 Å². The molecular weight excluding hydrogens is 368 g/mol. The number of anilines is 2. The lowest BCUT2D eigenvalue weighted by Gasteiger charge is -2.11. The molecule has 4 rings (SSSR count). The Morgan fingerprint density at radius 2 is 1.96 bits per heavy atom. The summed E-state index contributed by atoms with van der Waals surface area (Å²) in [5.74, 6) is -0.828. The highest BCUT2D eigenvalue weighted by Crippen LogP contribution is 2.39. The summed E-state index contributed by atoms with van der Waals surface area (Å²) in [4.78, 5) is 31.5. The van der Waals surface area contributed by atoms with Crippen LogP contribution in [0.4, 0.5) is 10.7 Å². The first-order valence-corrected chi connectivity index (χ1v) is 10.0. The number of rotatable bonds is 3. The van der Waals surface area contributed by atoms with Gasteiger partial charge in [0.25, 0.3) is 11.8 Å². The first-order valence-electron chi connectivity index (χ1n) is 8.37. The number of primary amides is 1. The van der Waals surface area contributed by atoms with Crippen LogP contribution in [0.5, 0.6) is 0 Å². The van der Waals surface area contributed by atoms with Gasteiger partial charge in [-0.3, -0.25) is 9.59 Å². The molecule has 0 atom stereocenters. The van der Waals surface area contributed by atoms with E-state index >= 15 is 0 Å². The number of carbonyl (C=O) groups excluding carboxylic acids is 2. The third-order valence-electron chi connectivity index (χ3n) is 4.58. The van der Waals surface area contributed by atoms with Gasteiger partial charge >= 0.3 is 0 Å². The van der Waals surface area contributed by atoms with Crippen molar-refractivity contribution in [1.29, 1.82) is 0 Å². The van der Waals surface area contributed by atoms with Crippen LogP contribution in [-0.4, -0.2) is 16.8 Å². The van der Waals surface area contributed by atoms with Crippen LogP contribution in [-0.2, 0) is 12.8 Å². The van der Waals surface area contributed by atoms with Gasteiger partial charge in [0.2, 0.25) is 0 Å². The molecule has 0 unspecified atom stereocenters. The highest BCUT2D eigenvalue weighted by Gasteiger charge is 2.26. The van der Waals surface area contributed by atoms with Crippen molar-refractivity contribution >= 4 is 55.4 Å². The van der Waals surface area contributed by atoms with E-state index in [-0.39, 0.29) is 5.91 Å². The number of hydrogen-bond donors (Lipinski definition) is 3. The molecule has 26 heavy (non-hydrogen) atoms. The SMILES string of the molecule is Cc1ccc2c(N)c(C(=O)Nc3sc4c(c3C(N)=O)CCCC4)sc2n1. The number of thiophene rings is 2. The maximum atomic E-state index is 12.8. The highest BCUT2D eigenvalue weighted by molar-refractivity contribution is 7.21. The molecular formula is C18H18N4O2S2. The molecule has 0 spiro atoms. The summed E-state index contributed by atoms with van der Waals surface area (Å²) in [6.07, 6.45) is 3.87. The second kappa shape index (κ2) is 6.37. The molecule has 0 fully saturated rings. The first kappa shape index (κ1) is 17.0. The lowest BCUT2D eigenvalue weighted by atomic mass is 9.95. The summed E-state index contributed by atoms with van der Waals surface area (Å²) in [6.45, 7) is 1.89. The minimum Gasteiger partial charge on any atom is -0.397 e. The van der Waals surface area contributed by atoms with E-state index in [0.29, 0.717) is 21.1 Å². The van der Waals surface area contributed by atoms with Crippen LogP contribution in [0.3, 0.4) is 0 Å². The zero-order valence-electron chi connectivity index (χ0n) is 14.2. The van der Waals surface area contributed by atoms with Crippen molar-refractivity contribution < 1.29 is 9.59 Å². The van der Waals surface area contributed by atoms with E-state index in [1.807, 2.05) is 19.1 Å². The Morgan fingerprint density at radius 3 is 2.73 bits per heavy atom. The molecule has 1 aliphatic carbocycles. The van der Waals surface area contributed by atoms with Crippen molar-refractivity contribution in [2.24, 2.45) is 5.73 Å². The summed E-state index contributed by atoms with van der Waals surface area (Å²) in [5.41, 5.74) is 14.5. The molecule has 8 heteroatoms. The molecule has 1 aliphatic rings. The predicted molar refractivity (Wildman–Crippen MR) is 106 cm³/mol. The van der Waals surface area contributed by atoms with Gasteiger partial charge in [-0.25, -0.2) is 4.98 Å². The molecule has 5 N–H and O–H groups in total. The Morgan fingerprint density at radius 1 is 1.19 bits per heavy atom. The number of carbonyl (C=O) groups is 2. The number of nitrogens with zero attached hydrogens (tertiary/aromatic N) is 1. The average Bonchev–Trinajstić information content (AvgIpc) is 3.12. The van der Waals surface area contributed by atoms with E-state index in [4.69, 9.17) is 11.5 Å². The smallest absolute Gasteiger partial charge is 0.268 e. The van der Waals surface area contributed by atoms with E-state index in [0.717, 1.165) is 52.0 Å². The van der Waals surface area contributed by atoms with E-state index in [9.17, 15) is 9.59 Å². The fourth-order valence-corrected chi connectivity index (χ4v) is 5.66. The minimum absolute atomic E-state index is 0.329. The Labute approximate surface area is 158 Å². The third-order valence-corrected chi connectivity index (χ3v) is 6.91. The van der Waals surface area contributed by atoms with Gasteiger partial charge < -0.3 is 16.8 Å². The van der Waals surface area contributed by atoms with Crippen LogP contribution < -0.4 is 16.8 Å². The van der Waals surface area contributed by atoms with Gasteiger partial charge in [0, 0.05) is 16.0 Å². The summed E-state index contributed by atoms with van der Waals surface area (Å²) in [7, 11) is 0. The lowest BCUT2D eigenvalue weighted by molar-refractivity contribution is 0.100. The summed E-state index contributed by atoms with van der Waals surface area (Å²) < 4.78 is 0. The van der Waals surface area contributed by atoms with Gasteiger partial charge in [-0.1, -0.05) is 0 Å². The largest absolute Gasteiger partial charge is 0.397 e. The molecule has 0 saturated heterocycles. The van der Waals surface area contributed by atoms with Crippen molar-refractivity contribution in [3.8, 4) is 0 Å². The van der Waals surface area contributed by atoms with E-state index in [1.165, 1.54) is 22.7 Å². The lowest BCUT2D eigenvalue weighted by Crippen LogP contribution is -2.18. The van der Waals surface area contributed by atoms with Gasteiger partial charge in [-0.2, -0.15) is 0 Å². The van der Waals surface area contributed by atoms with Gasteiger partial charge in [0.15, 0.2) is 0 Å². The second-order valence-electron chi connectivity index (χ2n) is 6.38. The second-order valence-corrected chi connectivity index (χ2v) is 8.49. The van der Waals surface area contributed by atoms with Crippen LogP contribution in [0, 0.1) is 6.92 Å². The van der Waals surface area contributed by atoms with Crippen molar-refractivity contribution in [1.82, 2.24) is 4.98 Å². The van der Waals surface area contributed by atoms with Crippen molar-refractivity contribution in [2.75, 3.05) is 11.1 Å². The number of aryl methyl sites for hydroxylation is 2. The Balaban J connectivity index is 1.72. The number of amides is 2. The van der Waals surface area contributed by atoms with Crippen LogP contribution in [0.2, 0.25) is 0 Å². The zero-order chi connectivity index (χ0) is 18.4. The zero-order valence-corrected chi connectivity index (χ0v) is 15.9. The summed E-state index contributed by atoms with van der Waals surface area (Å²) in [5, 5.41) is 4.16. The molecule has 3 heterocycles. The van der Waals surface area contributed by atoms with Crippen molar-refractivity contribution in [3.05, 3.63) is 38.7 Å². The number of fused-ring (bicyclic) bond motifs is 2. The van der Waals surface area contributed by atoms with Gasteiger partial charge in [-0.15, -0.1) is 22.7 Å². The van der Waals surface area contributed by atoms with Crippen LogP contribution in [0.25, 0.3) is 10.2 Å². The van der Waals surface area contributed by atoms with Crippen LogP contribution >= 0.6 is 22.7 Å². The predicted octanol–water partition coefficient (Wildman–Crippen LogP) is 3.48. The van der Waals surface area contributed by atoms with E-state index in [2.05, 4.69) is 10.3 Å². The normalized spacial score (nSPS) is 13.6. The van der Waals surface area contributed by atoms with Gasteiger partial charge in [-0.05, 0) is 50.3 Å². The standard InChI is InChI=1S/C18H18N4O2S2/c1-8-6-7-10-13(19)14(26-17(10)21-8)16(24)22-18-12(15(20)23)9-4-2-3-5-11(9)25-18/h6-7H,2-5,19H2,1H3,(H2,20,23)(H,22,24). The molecule has 0 aliphatic heterocycles. The first-order chi connectivity index (χ1) is 12.5. The van der Waals surface area contributed by atoms with Crippen molar-refractivity contribution in [2.45, 2.75) is 32.6 Å². The Kier molecular flexibility index (Phi) is 4.16. The maximum absolute atomic E-state index is 12.8. The molecule has 3 aromatic rings. The number of nitrogens with one attached hydrogen (secondary N) is 1. The number of aromatic nitrogens is 1. The van der Waals surface area contributed by atoms with Gasteiger partial charge in [0.1, 0.15) is 14.7 Å². The molecule has 0 radical (unpaired) electrons. The van der Waals surface area contributed by atoms with Crippen LogP contribution in [0.15, 0.2) is 12.1 Å². The summed E-state index contributed by atoms with van der Waals surface area (Å²) >= 11 is 2.70. The quantitative estimate of drug-likeness (QED) is 0.640. The maximum Gasteiger partial charge on any atom is 0.268 e. The van der Waals surface area contributed by atoms with E-state index in [1.54, 1.807) is 0 Å². The molecule has 0 bridgehead atoms. The Bertz CT molecular complexity index is 1050. The summed E-state index contributed by atoms with van der Waals surface area (Å²) in [6, 6.07) is 3.74. The average molecular weight is 387 g/mol. The topological polar surface area (TPSA) is 111 Å². The van der Waals surface area contributed by atoms with Crippen molar-refractivity contribution in [3.63, 3.8) is 0 Å². The fraction of sp³-hybridized carbons (Fsp3) is 0.278.